The second-order valence-corrected chi connectivity index (χ2v) is 8.83. The van der Waals surface area contributed by atoms with E-state index in [2.05, 4.69) is 50.8 Å². The van der Waals surface area contributed by atoms with Crippen molar-refractivity contribution in [2.24, 2.45) is 0 Å². The van der Waals surface area contributed by atoms with Gasteiger partial charge < -0.3 is 0 Å². The van der Waals surface area contributed by atoms with Crippen LogP contribution in [0.1, 0.15) is 37.0 Å². The van der Waals surface area contributed by atoms with Gasteiger partial charge in [-0.25, -0.2) is 4.98 Å². The normalized spacial score (nSPS) is 17.4. The van der Waals surface area contributed by atoms with Crippen molar-refractivity contribution in [3.8, 4) is 11.3 Å². The van der Waals surface area contributed by atoms with E-state index < -0.39 is 0 Å². The van der Waals surface area contributed by atoms with Gasteiger partial charge in [-0.05, 0) is 24.0 Å². The monoisotopic (exact) mass is 402 g/mol. The van der Waals surface area contributed by atoms with Gasteiger partial charge in [-0.15, -0.1) is 6.58 Å². The first-order valence-electron chi connectivity index (χ1n) is 10.1. The first kappa shape index (κ1) is 19.7. The van der Waals surface area contributed by atoms with Crippen LogP contribution < -0.4 is 5.56 Å². The van der Waals surface area contributed by atoms with E-state index in [1.165, 1.54) is 5.56 Å². The molecule has 0 bridgehead atoms. The van der Waals surface area contributed by atoms with E-state index in [-0.39, 0.29) is 11.0 Å². The van der Waals surface area contributed by atoms with Crippen LogP contribution in [0.25, 0.3) is 11.3 Å². The highest BCUT2D eigenvalue weighted by Gasteiger charge is 2.38. The van der Waals surface area contributed by atoms with Crippen molar-refractivity contribution in [1.29, 1.82) is 0 Å². The maximum Gasteiger partial charge on any atom is 0.258 e. The maximum atomic E-state index is 13.9. The molecular formula is C25H26N2OS. The SMILES string of the molecule is C=CCSc1nc2c(c(=O)n1Cc1ccccc1)C(C)(CC)Cc1ccccc1-2. The van der Waals surface area contributed by atoms with Crippen LogP contribution in [0.5, 0.6) is 0 Å². The number of thioether (sulfide) groups is 1. The van der Waals surface area contributed by atoms with Crippen molar-refractivity contribution in [2.45, 2.75) is 43.8 Å². The van der Waals surface area contributed by atoms with Crippen molar-refractivity contribution in [2.75, 3.05) is 5.75 Å². The largest absolute Gasteiger partial charge is 0.283 e. The minimum Gasteiger partial charge on any atom is -0.283 e. The molecule has 29 heavy (non-hydrogen) atoms. The molecule has 1 aromatic heterocycles. The Morgan fingerprint density at radius 3 is 2.62 bits per heavy atom. The lowest BCUT2D eigenvalue weighted by Crippen LogP contribution is -2.40. The van der Waals surface area contributed by atoms with Crippen molar-refractivity contribution in [1.82, 2.24) is 9.55 Å². The van der Waals surface area contributed by atoms with Crippen LogP contribution in [0.3, 0.4) is 0 Å². The first-order chi connectivity index (χ1) is 14.1. The molecule has 1 heterocycles. The number of hydrogen-bond acceptors (Lipinski definition) is 3. The third-order valence-corrected chi connectivity index (χ3v) is 6.86. The molecule has 0 radical (unpaired) electrons. The van der Waals surface area contributed by atoms with E-state index in [4.69, 9.17) is 4.98 Å². The number of benzene rings is 2. The smallest absolute Gasteiger partial charge is 0.258 e. The fourth-order valence-corrected chi connectivity index (χ4v) is 4.87. The zero-order valence-electron chi connectivity index (χ0n) is 17.0. The van der Waals surface area contributed by atoms with E-state index in [0.717, 1.165) is 40.4 Å². The van der Waals surface area contributed by atoms with Crippen LogP contribution in [0, 0.1) is 0 Å². The third kappa shape index (κ3) is 3.58. The van der Waals surface area contributed by atoms with E-state index in [9.17, 15) is 4.79 Å². The Morgan fingerprint density at radius 1 is 1.17 bits per heavy atom. The minimum atomic E-state index is -0.214. The Morgan fingerprint density at radius 2 is 1.90 bits per heavy atom. The van der Waals surface area contributed by atoms with Gasteiger partial charge in [0.05, 0.1) is 17.8 Å². The molecule has 1 unspecified atom stereocenters. The predicted molar refractivity (Wildman–Crippen MR) is 122 cm³/mol. The zero-order valence-corrected chi connectivity index (χ0v) is 17.8. The van der Waals surface area contributed by atoms with Gasteiger partial charge in [-0.1, -0.05) is 86.3 Å². The molecule has 2 aromatic carbocycles. The molecule has 0 spiro atoms. The molecule has 0 N–H and O–H groups in total. The van der Waals surface area contributed by atoms with Gasteiger partial charge >= 0.3 is 0 Å². The molecule has 3 aromatic rings. The van der Waals surface area contributed by atoms with Gasteiger partial charge in [0.15, 0.2) is 5.16 Å². The Bertz CT molecular complexity index is 1100. The maximum absolute atomic E-state index is 13.9. The fraction of sp³-hybridized carbons (Fsp3) is 0.280. The quantitative estimate of drug-likeness (QED) is 0.312. The van der Waals surface area contributed by atoms with Crippen LogP contribution >= 0.6 is 11.8 Å². The van der Waals surface area contributed by atoms with Crippen LogP contribution in [0.2, 0.25) is 0 Å². The van der Waals surface area contributed by atoms with Gasteiger partial charge in [-0.2, -0.15) is 0 Å². The van der Waals surface area contributed by atoms with Crippen LogP contribution in [-0.2, 0) is 18.4 Å². The topological polar surface area (TPSA) is 34.9 Å². The lowest BCUT2D eigenvalue weighted by molar-refractivity contribution is 0.430. The molecule has 0 amide bonds. The number of rotatable bonds is 6. The van der Waals surface area contributed by atoms with Crippen molar-refractivity contribution < 1.29 is 0 Å². The van der Waals surface area contributed by atoms with Crippen LogP contribution in [0.15, 0.2) is 77.2 Å². The molecule has 0 saturated carbocycles. The Kier molecular flexibility index (Phi) is 5.46. The van der Waals surface area contributed by atoms with Gasteiger partial charge in [0.25, 0.3) is 5.56 Å². The number of aromatic nitrogens is 2. The minimum absolute atomic E-state index is 0.0873. The third-order valence-electron chi connectivity index (χ3n) is 5.88. The molecule has 1 aliphatic carbocycles. The molecule has 3 nitrogen and oxygen atoms in total. The Labute approximate surface area is 176 Å². The number of fused-ring (bicyclic) bond motifs is 3. The van der Waals surface area contributed by atoms with E-state index in [0.29, 0.717) is 12.3 Å². The lowest BCUT2D eigenvalue weighted by atomic mass is 9.69. The molecular weight excluding hydrogens is 376 g/mol. The highest BCUT2D eigenvalue weighted by atomic mass is 32.2. The molecule has 4 heteroatoms. The second-order valence-electron chi connectivity index (χ2n) is 7.84. The fourth-order valence-electron chi connectivity index (χ4n) is 4.14. The summed E-state index contributed by atoms with van der Waals surface area (Å²) in [5.74, 6) is 0.715. The first-order valence-corrected chi connectivity index (χ1v) is 11.1. The number of hydrogen-bond donors (Lipinski definition) is 0. The number of nitrogens with zero attached hydrogens (tertiary/aromatic N) is 2. The summed E-state index contributed by atoms with van der Waals surface area (Å²) in [5, 5.41) is 0.757. The zero-order chi connectivity index (χ0) is 20.4. The summed E-state index contributed by atoms with van der Waals surface area (Å²) in [6.45, 7) is 8.73. The van der Waals surface area contributed by atoms with Gasteiger partial charge in [0, 0.05) is 16.7 Å². The molecule has 0 aliphatic heterocycles. The molecule has 0 fully saturated rings. The van der Waals surface area contributed by atoms with E-state index >= 15 is 0 Å². The Balaban J connectivity index is 1.97. The molecule has 4 rings (SSSR count). The average Bonchev–Trinajstić information content (AvgIpc) is 2.75. The van der Waals surface area contributed by atoms with Crippen LogP contribution in [0.4, 0.5) is 0 Å². The van der Waals surface area contributed by atoms with Gasteiger partial charge in [0.1, 0.15) is 0 Å². The molecule has 1 aliphatic rings. The summed E-state index contributed by atoms with van der Waals surface area (Å²) in [6, 6.07) is 18.5. The average molecular weight is 403 g/mol. The summed E-state index contributed by atoms with van der Waals surface area (Å²) in [4.78, 5) is 18.9. The van der Waals surface area contributed by atoms with E-state index in [1.807, 2.05) is 34.9 Å². The highest BCUT2D eigenvalue weighted by Crippen LogP contribution is 2.42. The summed E-state index contributed by atoms with van der Waals surface area (Å²) >= 11 is 1.57. The van der Waals surface area contributed by atoms with Crippen molar-refractivity contribution in [3.63, 3.8) is 0 Å². The summed E-state index contributed by atoms with van der Waals surface area (Å²) in [6.07, 6.45) is 3.62. The van der Waals surface area contributed by atoms with Crippen molar-refractivity contribution >= 4 is 11.8 Å². The van der Waals surface area contributed by atoms with Crippen LogP contribution in [-0.4, -0.2) is 15.3 Å². The summed E-state index contributed by atoms with van der Waals surface area (Å²) < 4.78 is 1.85. The molecule has 1 atom stereocenters. The van der Waals surface area contributed by atoms with Gasteiger partial charge in [-0.3, -0.25) is 9.36 Å². The molecule has 148 valence electrons. The lowest BCUT2D eigenvalue weighted by Gasteiger charge is -2.35. The standard InChI is InChI=1S/C25H26N2OS/c1-4-15-29-24-26-22-20-14-10-9-13-19(20)16-25(3,5-2)21(22)23(28)27(24)17-18-11-7-6-8-12-18/h4,6-14H,1,5,15-17H2,2-3H3. The second kappa shape index (κ2) is 8.03. The van der Waals surface area contributed by atoms with Gasteiger partial charge in [0.2, 0.25) is 0 Å². The summed E-state index contributed by atoms with van der Waals surface area (Å²) in [7, 11) is 0. The van der Waals surface area contributed by atoms with Crippen molar-refractivity contribution in [3.05, 3.63) is 94.3 Å². The van der Waals surface area contributed by atoms with E-state index in [1.54, 1.807) is 11.8 Å². The molecule has 0 saturated heterocycles. The highest BCUT2D eigenvalue weighted by molar-refractivity contribution is 7.99. The Hall–Kier alpha value is -2.59. The summed E-state index contributed by atoms with van der Waals surface area (Å²) in [5.41, 5.74) is 5.06. The predicted octanol–water partition coefficient (Wildman–Crippen LogP) is 5.46.